The summed E-state index contributed by atoms with van der Waals surface area (Å²) in [7, 11) is 0. The van der Waals surface area contributed by atoms with Gasteiger partial charge >= 0.3 is 5.69 Å². The molecule has 0 unspecified atom stereocenters. The zero-order chi connectivity index (χ0) is 14.0. The fourth-order valence-electron chi connectivity index (χ4n) is 1.66. The van der Waals surface area contributed by atoms with E-state index < -0.39 is 4.92 Å². The first kappa shape index (κ1) is 13.5. The van der Waals surface area contributed by atoms with Crippen molar-refractivity contribution in [3.8, 4) is 11.5 Å². The van der Waals surface area contributed by atoms with Crippen molar-refractivity contribution in [2.75, 3.05) is 0 Å². The first-order valence-corrected chi connectivity index (χ1v) is 6.46. The summed E-state index contributed by atoms with van der Waals surface area (Å²) >= 11 is 3.22. The van der Waals surface area contributed by atoms with E-state index in [1.807, 2.05) is 32.0 Å². The Balaban J connectivity index is 2.43. The molecule has 0 fully saturated rings. The molecule has 2 aromatic carbocycles. The van der Waals surface area contributed by atoms with Crippen molar-refractivity contribution in [1.29, 1.82) is 0 Å². The summed E-state index contributed by atoms with van der Waals surface area (Å²) < 4.78 is 6.32. The Bertz CT molecular complexity index is 641. The van der Waals surface area contributed by atoms with Crippen LogP contribution in [0, 0.1) is 24.0 Å². The van der Waals surface area contributed by atoms with Gasteiger partial charge in [-0.1, -0.05) is 28.1 Å². The summed E-state index contributed by atoms with van der Waals surface area (Å²) in [6.07, 6.45) is 0. The number of nitro groups is 1. The van der Waals surface area contributed by atoms with E-state index in [0.29, 0.717) is 10.2 Å². The Hall–Kier alpha value is -1.88. The monoisotopic (exact) mass is 321 g/mol. The summed E-state index contributed by atoms with van der Waals surface area (Å²) in [5, 5.41) is 11.0. The van der Waals surface area contributed by atoms with Crippen molar-refractivity contribution >= 4 is 21.6 Å². The van der Waals surface area contributed by atoms with Gasteiger partial charge in [0.15, 0.2) is 0 Å². The summed E-state index contributed by atoms with van der Waals surface area (Å²) in [6, 6.07) is 10.5. The Morgan fingerprint density at radius 3 is 2.53 bits per heavy atom. The zero-order valence-corrected chi connectivity index (χ0v) is 12.1. The Morgan fingerprint density at radius 1 is 1.11 bits per heavy atom. The third-order valence-electron chi connectivity index (χ3n) is 2.68. The number of nitro benzene ring substituents is 1. The van der Waals surface area contributed by atoms with Gasteiger partial charge in [-0.2, -0.15) is 0 Å². The zero-order valence-electron chi connectivity index (χ0n) is 10.5. The molecule has 4 nitrogen and oxygen atoms in total. The minimum atomic E-state index is -0.453. The lowest BCUT2D eigenvalue weighted by Gasteiger charge is -2.10. The molecule has 0 aliphatic carbocycles. The molecule has 0 bridgehead atoms. The second-order valence-corrected chi connectivity index (χ2v) is 5.16. The Kier molecular flexibility index (Phi) is 3.85. The van der Waals surface area contributed by atoms with Crippen molar-refractivity contribution < 1.29 is 9.66 Å². The van der Waals surface area contributed by atoms with Crippen molar-refractivity contribution in [2.24, 2.45) is 0 Å². The van der Waals surface area contributed by atoms with Gasteiger partial charge in [0.05, 0.1) is 4.92 Å². The van der Waals surface area contributed by atoms with Crippen LogP contribution in [0.25, 0.3) is 0 Å². The highest BCUT2D eigenvalue weighted by atomic mass is 79.9. The van der Waals surface area contributed by atoms with Gasteiger partial charge in [-0.05, 0) is 43.2 Å². The summed E-state index contributed by atoms with van der Waals surface area (Å²) in [6.45, 7) is 3.85. The van der Waals surface area contributed by atoms with E-state index in [0.717, 1.165) is 11.1 Å². The summed E-state index contributed by atoms with van der Waals surface area (Å²) in [5.41, 5.74) is 1.92. The van der Waals surface area contributed by atoms with Gasteiger partial charge in [-0.3, -0.25) is 10.1 Å². The van der Waals surface area contributed by atoms with E-state index in [9.17, 15) is 10.1 Å². The van der Waals surface area contributed by atoms with Crippen LogP contribution in [0.4, 0.5) is 5.69 Å². The second-order valence-electron chi connectivity index (χ2n) is 4.24. The van der Waals surface area contributed by atoms with E-state index in [-0.39, 0.29) is 11.4 Å². The molecule has 2 aromatic rings. The number of hydrogen-bond donors (Lipinski definition) is 0. The van der Waals surface area contributed by atoms with Gasteiger partial charge in [0.25, 0.3) is 0 Å². The average molecular weight is 322 g/mol. The number of benzene rings is 2. The molecule has 0 N–H and O–H groups in total. The number of aryl methyl sites for hydroxylation is 2. The van der Waals surface area contributed by atoms with Crippen molar-refractivity contribution in [3.63, 3.8) is 0 Å². The molecule has 0 aliphatic rings. The SMILES string of the molecule is Cc1ccc(C)c(Oc2ccc(Br)cc2[N+](=O)[O-])c1. The van der Waals surface area contributed by atoms with Crippen LogP contribution in [-0.2, 0) is 0 Å². The highest BCUT2D eigenvalue weighted by molar-refractivity contribution is 9.10. The van der Waals surface area contributed by atoms with Gasteiger partial charge in [-0.15, -0.1) is 0 Å². The normalized spacial score (nSPS) is 10.3. The van der Waals surface area contributed by atoms with Crippen LogP contribution < -0.4 is 4.74 Å². The Labute approximate surface area is 119 Å². The molecule has 0 amide bonds. The molecule has 0 saturated heterocycles. The predicted molar refractivity (Wildman–Crippen MR) is 76.8 cm³/mol. The molecule has 0 radical (unpaired) electrons. The van der Waals surface area contributed by atoms with Gasteiger partial charge in [0.1, 0.15) is 5.75 Å². The van der Waals surface area contributed by atoms with Crippen molar-refractivity contribution in [3.05, 3.63) is 62.1 Å². The standard InChI is InChI=1S/C14H12BrNO3/c1-9-3-4-10(2)14(7-9)19-13-6-5-11(15)8-12(13)16(17)18/h3-8H,1-2H3. The molecule has 0 atom stereocenters. The average Bonchev–Trinajstić information content (AvgIpc) is 2.35. The van der Waals surface area contributed by atoms with Crippen LogP contribution in [0.5, 0.6) is 11.5 Å². The fourth-order valence-corrected chi connectivity index (χ4v) is 2.00. The predicted octanol–water partition coefficient (Wildman–Crippen LogP) is 4.77. The molecule has 0 aliphatic heterocycles. The first-order valence-electron chi connectivity index (χ1n) is 5.66. The second kappa shape index (κ2) is 5.40. The summed E-state index contributed by atoms with van der Waals surface area (Å²) in [4.78, 5) is 10.6. The maximum absolute atomic E-state index is 11.0. The van der Waals surface area contributed by atoms with E-state index in [4.69, 9.17) is 4.74 Å². The molecular weight excluding hydrogens is 310 g/mol. The molecule has 98 valence electrons. The Morgan fingerprint density at radius 2 is 1.84 bits per heavy atom. The van der Waals surface area contributed by atoms with E-state index in [1.165, 1.54) is 6.07 Å². The van der Waals surface area contributed by atoms with Crippen LogP contribution in [-0.4, -0.2) is 4.92 Å². The lowest BCUT2D eigenvalue weighted by atomic mass is 10.1. The molecule has 2 rings (SSSR count). The smallest absolute Gasteiger partial charge is 0.312 e. The topological polar surface area (TPSA) is 52.4 Å². The molecule has 0 spiro atoms. The summed E-state index contributed by atoms with van der Waals surface area (Å²) in [5.74, 6) is 0.868. The van der Waals surface area contributed by atoms with Gasteiger partial charge in [0, 0.05) is 10.5 Å². The van der Waals surface area contributed by atoms with Crippen LogP contribution in [0.1, 0.15) is 11.1 Å². The minimum Gasteiger partial charge on any atom is -0.450 e. The molecule has 5 heteroatoms. The van der Waals surface area contributed by atoms with Crippen molar-refractivity contribution in [1.82, 2.24) is 0 Å². The lowest BCUT2D eigenvalue weighted by molar-refractivity contribution is -0.385. The molecule has 0 aromatic heterocycles. The van der Waals surface area contributed by atoms with Gasteiger partial charge in [-0.25, -0.2) is 0 Å². The first-order chi connectivity index (χ1) is 8.97. The third-order valence-corrected chi connectivity index (χ3v) is 3.17. The van der Waals surface area contributed by atoms with Crippen LogP contribution in [0.3, 0.4) is 0 Å². The maximum Gasteiger partial charge on any atom is 0.312 e. The molecular formula is C14H12BrNO3. The number of ether oxygens (including phenoxy) is 1. The van der Waals surface area contributed by atoms with E-state index in [1.54, 1.807) is 12.1 Å². The largest absolute Gasteiger partial charge is 0.450 e. The van der Waals surface area contributed by atoms with E-state index >= 15 is 0 Å². The van der Waals surface area contributed by atoms with Crippen LogP contribution in [0.2, 0.25) is 0 Å². The minimum absolute atomic E-state index is 0.0599. The highest BCUT2D eigenvalue weighted by Gasteiger charge is 2.16. The lowest BCUT2D eigenvalue weighted by Crippen LogP contribution is -1.95. The highest BCUT2D eigenvalue weighted by Crippen LogP contribution is 2.35. The van der Waals surface area contributed by atoms with Crippen molar-refractivity contribution in [2.45, 2.75) is 13.8 Å². The number of nitrogens with zero attached hydrogens (tertiary/aromatic N) is 1. The third kappa shape index (κ3) is 3.12. The van der Waals surface area contributed by atoms with Gasteiger partial charge < -0.3 is 4.74 Å². The number of rotatable bonds is 3. The maximum atomic E-state index is 11.0. The van der Waals surface area contributed by atoms with E-state index in [2.05, 4.69) is 15.9 Å². The fraction of sp³-hybridized carbons (Fsp3) is 0.143. The number of hydrogen-bond acceptors (Lipinski definition) is 3. The molecule has 0 heterocycles. The van der Waals surface area contributed by atoms with Gasteiger partial charge in [0.2, 0.25) is 5.75 Å². The quantitative estimate of drug-likeness (QED) is 0.604. The van der Waals surface area contributed by atoms with Crippen LogP contribution >= 0.6 is 15.9 Å². The number of halogens is 1. The molecule has 19 heavy (non-hydrogen) atoms. The molecule has 0 saturated carbocycles. The van der Waals surface area contributed by atoms with Crippen LogP contribution in [0.15, 0.2) is 40.9 Å².